The van der Waals surface area contributed by atoms with Gasteiger partial charge in [0.15, 0.2) is 0 Å². The minimum absolute atomic E-state index is 0.0426. The van der Waals surface area contributed by atoms with Crippen LogP contribution in [0.4, 0.5) is 4.39 Å². The van der Waals surface area contributed by atoms with E-state index in [4.69, 9.17) is 14.8 Å². The SMILES string of the molecule is OB(O)c1cnc(Oc2ccc(F)cc2)nc1. The van der Waals surface area contributed by atoms with Crippen molar-refractivity contribution in [3.63, 3.8) is 0 Å². The van der Waals surface area contributed by atoms with Gasteiger partial charge in [0, 0.05) is 17.9 Å². The molecule has 0 saturated heterocycles. The van der Waals surface area contributed by atoms with Crippen LogP contribution >= 0.6 is 0 Å². The molecule has 0 aliphatic carbocycles. The summed E-state index contributed by atoms with van der Waals surface area (Å²) in [5.41, 5.74) is 0.163. The van der Waals surface area contributed by atoms with Gasteiger partial charge in [0.25, 0.3) is 0 Å². The van der Waals surface area contributed by atoms with Crippen LogP contribution in [0.3, 0.4) is 0 Å². The van der Waals surface area contributed by atoms with Crippen molar-refractivity contribution in [3.8, 4) is 11.8 Å². The van der Waals surface area contributed by atoms with Gasteiger partial charge in [-0.3, -0.25) is 0 Å². The van der Waals surface area contributed by atoms with Crippen molar-refractivity contribution in [2.75, 3.05) is 0 Å². The summed E-state index contributed by atoms with van der Waals surface area (Å²) in [4.78, 5) is 7.54. The van der Waals surface area contributed by atoms with Crippen LogP contribution < -0.4 is 10.2 Å². The Morgan fingerprint density at radius 3 is 2.18 bits per heavy atom. The minimum Gasteiger partial charge on any atom is -0.424 e. The van der Waals surface area contributed by atoms with Gasteiger partial charge in [-0.1, -0.05) is 0 Å². The summed E-state index contributed by atoms with van der Waals surface area (Å²) >= 11 is 0. The predicted octanol–water partition coefficient (Wildman–Crippen LogP) is 0.0878. The monoisotopic (exact) mass is 234 g/mol. The first-order valence-electron chi connectivity index (χ1n) is 4.76. The fourth-order valence-electron chi connectivity index (χ4n) is 1.12. The molecule has 86 valence electrons. The Bertz CT molecular complexity index is 490. The quantitative estimate of drug-likeness (QED) is 0.736. The predicted molar refractivity (Wildman–Crippen MR) is 58.3 cm³/mol. The van der Waals surface area contributed by atoms with Gasteiger partial charge in [-0.05, 0) is 24.3 Å². The highest BCUT2D eigenvalue weighted by atomic mass is 19.1. The Morgan fingerprint density at radius 1 is 1.06 bits per heavy atom. The lowest BCUT2D eigenvalue weighted by Crippen LogP contribution is -2.30. The van der Waals surface area contributed by atoms with E-state index in [0.717, 1.165) is 0 Å². The molecule has 0 bridgehead atoms. The Balaban J connectivity index is 2.11. The van der Waals surface area contributed by atoms with Crippen molar-refractivity contribution in [1.82, 2.24) is 9.97 Å². The molecule has 0 fully saturated rings. The topological polar surface area (TPSA) is 75.5 Å². The van der Waals surface area contributed by atoms with E-state index in [-0.39, 0.29) is 17.3 Å². The van der Waals surface area contributed by atoms with E-state index in [1.54, 1.807) is 0 Å². The molecule has 2 aromatic rings. The lowest BCUT2D eigenvalue weighted by atomic mass is 9.83. The third-order valence-corrected chi connectivity index (χ3v) is 1.97. The van der Waals surface area contributed by atoms with E-state index >= 15 is 0 Å². The van der Waals surface area contributed by atoms with Crippen LogP contribution in [-0.4, -0.2) is 27.1 Å². The second-order valence-corrected chi connectivity index (χ2v) is 3.23. The van der Waals surface area contributed by atoms with Crippen molar-refractivity contribution in [3.05, 3.63) is 42.5 Å². The van der Waals surface area contributed by atoms with Crippen LogP contribution in [0.25, 0.3) is 0 Å². The summed E-state index contributed by atoms with van der Waals surface area (Å²) in [6, 6.07) is 5.42. The van der Waals surface area contributed by atoms with Crippen molar-refractivity contribution in [2.45, 2.75) is 0 Å². The molecule has 2 N–H and O–H groups in total. The number of hydrogen-bond donors (Lipinski definition) is 2. The lowest BCUT2D eigenvalue weighted by molar-refractivity contribution is 0.423. The Kier molecular flexibility index (Phi) is 3.31. The summed E-state index contributed by atoms with van der Waals surface area (Å²) in [7, 11) is -1.62. The Labute approximate surface area is 96.7 Å². The van der Waals surface area contributed by atoms with Gasteiger partial charge in [-0.2, -0.15) is 0 Å². The van der Waals surface area contributed by atoms with Crippen molar-refractivity contribution < 1.29 is 19.2 Å². The molecular weight excluding hydrogens is 226 g/mol. The third kappa shape index (κ3) is 2.99. The van der Waals surface area contributed by atoms with E-state index in [1.165, 1.54) is 36.7 Å². The minimum atomic E-state index is -1.62. The first kappa shape index (κ1) is 11.5. The second kappa shape index (κ2) is 4.90. The van der Waals surface area contributed by atoms with Gasteiger partial charge in [0.1, 0.15) is 11.6 Å². The molecule has 0 aliphatic heterocycles. The summed E-state index contributed by atoms with van der Waals surface area (Å²) in [6.45, 7) is 0. The van der Waals surface area contributed by atoms with Crippen molar-refractivity contribution >= 4 is 12.6 Å². The standard InChI is InChI=1S/C10H8BFN2O3/c12-8-1-3-9(4-2-8)17-10-13-5-7(6-14-10)11(15)16/h1-6,15-16H. The third-order valence-electron chi connectivity index (χ3n) is 1.97. The summed E-state index contributed by atoms with van der Waals surface area (Å²) in [5.74, 6) is 0.0284. The molecule has 0 aliphatic rings. The van der Waals surface area contributed by atoms with E-state index in [0.29, 0.717) is 5.75 Å². The molecule has 5 nitrogen and oxygen atoms in total. The molecule has 0 spiro atoms. The molecule has 7 heteroatoms. The number of ether oxygens (including phenoxy) is 1. The Morgan fingerprint density at radius 2 is 1.65 bits per heavy atom. The van der Waals surface area contributed by atoms with Gasteiger partial charge >= 0.3 is 13.1 Å². The largest absolute Gasteiger partial charge is 0.491 e. The molecule has 0 atom stereocenters. The number of halogens is 1. The summed E-state index contributed by atoms with van der Waals surface area (Å²) in [5, 5.41) is 17.7. The average molecular weight is 234 g/mol. The fraction of sp³-hybridized carbons (Fsp3) is 0. The van der Waals surface area contributed by atoms with Crippen LogP contribution in [0.15, 0.2) is 36.7 Å². The number of nitrogens with zero attached hydrogens (tertiary/aromatic N) is 2. The maximum atomic E-state index is 12.6. The van der Waals surface area contributed by atoms with Crippen LogP contribution in [0.5, 0.6) is 11.8 Å². The van der Waals surface area contributed by atoms with Gasteiger partial charge in [-0.25, -0.2) is 14.4 Å². The smallest absolute Gasteiger partial charge is 0.424 e. The van der Waals surface area contributed by atoms with E-state index < -0.39 is 7.12 Å². The number of rotatable bonds is 3. The van der Waals surface area contributed by atoms with Gasteiger partial charge in [0.2, 0.25) is 0 Å². The van der Waals surface area contributed by atoms with Crippen LogP contribution in [0.1, 0.15) is 0 Å². The van der Waals surface area contributed by atoms with Crippen LogP contribution in [0, 0.1) is 5.82 Å². The molecule has 0 radical (unpaired) electrons. The van der Waals surface area contributed by atoms with E-state index in [9.17, 15) is 4.39 Å². The van der Waals surface area contributed by atoms with Gasteiger partial charge < -0.3 is 14.8 Å². The van der Waals surface area contributed by atoms with Crippen LogP contribution in [-0.2, 0) is 0 Å². The molecule has 0 amide bonds. The maximum Gasteiger partial charge on any atom is 0.491 e. The van der Waals surface area contributed by atoms with Gasteiger partial charge in [0.05, 0.1) is 0 Å². The average Bonchev–Trinajstić information content (AvgIpc) is 2.33. The number of aromatic nitrogens is 2. The first-order chi connectivity index (χ1) is 8.15. The van der Waals surface area contributed by atoms with E-state index in [1.807, 2.05) is 0 Å². The molecule has 2 rings (SSSR count). The highest BCUT2D eigenvalue weighted by molar-refractivity contribution is 6.58. The van der Waals surface area contributed by atoms with Crippen molar-refractivity contribution in [2.24, 2.45) is 0 Å². The zero-order valence-electron chi connectivity index (χ0n) is 8.62. The number of hydrogen-bond acceptors (Lipinski definition) is 5. The zero-order chi connectivity index (χ0) is 12.3. The van der Waals surface area contributed by atoms with E-state index in [2.05, 4.69) is 9.97 Å². The molecule has 1 aromatic heterocycles. The summed E-state index contributed by atoms with van der Waals surface area (Å²) < 4.78 is 17.8. The van der Waals surface area contributed by atoms with Crippen molar-refractivity contribution in [1.29, 1.82) is 0 Å². The molecule has 0 saturated carbocycles. The Hall–Kier alpha value is -1.99. The highest BCUT2D eigenvalue weighted by Gasteiger charge is 2.12. The van der Waals surface area contributed by atoms with Crippen LogP contribution in [0.2, 0.25) is 0 Å². The molecule has 1 aromatic carbocycles. The molecule has 17 heavy (non-hydrogen) atoms. The molecule has 0 unspecified atom stereocenters. The molecular formula is C10H8BFN2O3. The summed E-state index contributed by atoms with van der Waals surface area (Å²) in [6.07, 6.45) is 2.47. The second-order valence-electron chi connectivity index (χ2n) is 3.23. The normalized spacial score (nSPS) is 10.1. The number of benzene rings is 1. The fourth-order valence-corrected chi connectivity index (χ4v) is 1.12. The maximum absolute atomic E-state index is 12.6. The van der Waals surface area contributed by atoms with Gasteiger partial charge in [-0.15, -0.1) is 0 Å². The highest BCUT2D eigenvalue weighted by Crippen LogP contribution is 2.16. The zero-order valence-corrected chi connectivity index (χ0v) is 8.62. The molecule has 1 heterocycles. The first-order valence-corrected chi connectivity index (χ1v) is 4.76. The lowest BCUT2D eigenvalue weighted by Gasteiger charge is -2.03.